The number of hydrogen-bond donors (Lipinski definition) is 1. The van der Waals surface area contributed by atoms with E-state index < -0.39 is 21.2 Å². The molecule has 1 aromatic heterocycles. The lowest BCUT2D eigenvalue weighted by Gasteiger charge is -2.15. The van der Waals surface area contributed by atoms with Crippen molar-refractivity contribution in [2.45, 2.75) is 0 Å². The second kappa shape index (κ2) is 5.65. The molecule has 0 atom stereocenters. The molecule has 0 aliphatic heterocycles. The quantitative estimate of drug-likeness (QED) is 0.859. The molecule has 0 spiro atoms. The van der Waals surface area contributed by atoms with Gasteiger partial charge in [0, 0.05) is 25.2 Å². The van der Waals surface area contributed by atoms with E-state index in [1.54, 1.807) is 24.3 Å². The maximum atomic E-state index is 12.2. The zero-order valence-electron chi connectivity index (χ0n) is 11.7. The molecule has 2 rings (SSSR count). The Hall–Kier alpha value is -2.22. The molecule has 8 heteroatoms. The van der Waals surface area contributed by atoms with E-state index in [2.05, 4.69) is 10.2 Å². The van der Waals surface area contributed by atoms with Crippen LogP contribution >= 0.6 is 0 Å². The summed E-state index contributed by atoms with van der Waals surface area (Å²) in [6, 6.07) is 6.73. The third-order valence-electron chi connectivity index (χ3n) is 3.02. The van der Waals surface area contributed by atoms with Gasteiger partial charge in [-0.3, -0.25) is 14.7 Å². The number of aromatic nitrogens is 2. The van der Waals surface area contributed by atoms with Gasteiger partial charge >= 0.3 is 0 Å². The predicted molar refractivity (Wildman–Crippen MR) is 79.0 cm³/mol. The van der Waals surface area contributed by atoms with Gasteiger partial charge in [0.15, 0.2) is 5.69 Å². The van der Waals surface area contributed by atoms with Gasteiger partial charge < -0.3 is 4.90 Å². The molecule has 2 aromatic rings. The molecule has 21 heavy (non-hydrogen) atoms. The van der Waals surface area contributed by atoms with Crippen molar-refractivity contribution in [2.24, 2.45) is 0 Å². The lowest BCUT2D eigenvalue weighted by Crippen LogP contribution is -2.35. The summed E-state index contributed by atoms with van der Waals surface area (Å²) in [7, 11) is -1.75. The third kappa shape index (κ3) is 3.46. The monoisotopic (exact) mass is 309 g/mol. The number of para-hydroxylation sites is 1. The minimum Gasteiger partial charge on any atom is -0.339 e. The maximum Gasteiger partial charge on any atom is 0.278 e. The molecule has 0 radical (unpaired) electrons. The SMILES string of the molecule is CN(CCS(C)(=O)=O)C(=O)c1n[nH]c2ccccc2c1=O. The fraction of sp³-hybridized carbons (Fsp3) is 0.308. The van der Waals surface area contributed by atoms with Gasteiger partial charge in [0.05, 0.1) is 11.3 Å². The average Bonchev–Trinajstić information content (AvgIpc) is 2.44. The zero-order chi connectivity index (χ0) is 15.6. The molecule has 0 fully saturated rings. The molecule has 7 nitrogen and oxygen atoms in total. The molecule has 1 aromatic carbocycles. The van der Waals surface area contributed by atoms with E-state index in [9.17, 15) is 18.0 Å². The van der Waals surface area contributed by atoms with Crippen LogP contribution in [-0.4, -0.2) is 55.0 Å². The van der Waals surface area contributed by atoms with Crippen molar-refractivity contribution in [1.29, 1.82) is 0 Å². The van der Waals surface area contributed by atoms with Gasteiger partial charge in [-0.15, -0.1) is 0 Å². The Bertz CT molecular complexity index is 842. The minimum atomic E-state index is -3.18. The standard InChI is InChI=1S/C13H15N3O4S/c1-16(7-8-21(2,19)20)13(18)11-12(17)9-5-3-4-6-10(9)14-15-11/h3-6H,7-8H2,1-2H3,(H,14,17). The number of benzene rings is 1. The van der Waals surface area contributed by atoms with Crippen LogP contribution in [0.3, 0.4) is 0 Å². The largest absolute Gasteiger partial charge is 0.339 e. The van der Waals surface area contributed by atoms with Gasteiger partial charge in [-0.25, -0.2) is 8.42 Å². The molecule has 1 heterocycles. The summed E-state index contributed by atoms with van der Waals surface area (Å²) in [5.74, 6) is -0.772. The van der Waals surface area contributed by atoms with Gasteiger partial charge in [0.1, 0.15) is 9.84 Å². The van der Waals surface area contributed by atoms with Crippen molar-refractivity contribution in [2.75, 3.05) is 25.6 Å². The van der Waals surface area contributed by atoms with Crippen molar-refractivity contribution in [1.82, 2.24) is 15.1 Å². The highest BCUT2D eigenvalue weighted by molar-refractivity contribution is 7.90. The van der Waals surface area contributed by atoms with Crippen molar-refractivity contribution in [3.63, 3.8) is 0 Å². The van der Waals surface area contributed by atoms with Crippen LogP contribution in [-0.2, 0) is 9.84 Å². The fourth-order valence-electron chi connectivity index (χ4n) is 1.80. The van der Waals surface area contributed by atoms with Gasteiger partial charge in [-0.1, -0.05) is 12.1 Å². The summed E-state index contributed by atoms with van der Waals surface area (Å²) >= 11 is 0. The van der Waals surface area contributed by atoms with Crippen molar-refractivity contribution in [3.05, 3.63) is 40.2 Å². The summed E-state index contributed by atoms with van der Waals surface area (Å²) in [4.78, 5) is 25.6. The number of hydrogen-bond acceptors (Lipinski definition) is 5. The molecule has 1 amide bonds. The molecular weight excluding hydrogens is 294 g/mol. The Morgan fingerprint density at radius 1 is 1.33 bits per heavy atom. The number of rotatable bonds is 4. The minimum absolute atomic E-state index is 0.00557. The number of nitrogens with zero attached hydrogens (tertiary/aromatic N) is 2. The first-order valence-corrected chi connectivity index (χ1v) is 8.26. The molecule has 0 bridgehead atoms. The number of aromatic amines is 1. The van der Waals surface area contributed by atoms with E-state index in [0.717, 1.165) is 6.26 Å². The van der Waals surface area contributed by atoms with Crippen LogP contribution in [0.15, 0.2) is 29.1 Å². The van der Waals surface area contributed by atoms with Crippen molar-refractivity contribution in [3.8, 4) is 0 Å². The molecular formula is C13H15N3O4S. The number of amides is 1. The molecule has 0 saturated carbocycles. The van der Waals surface area contributed by atoms with E-state index in [-0.39, 0.29) is 18.0 Å². The summed E-state index contributed by atoms with van der Waals surface area (Å²) in [5.41, 5.74) is -0.178. The number of H-pyrrole nitrogens is 1. The zero-order valence-corrected chi connectivity index (χ0v) is 12.5. The smallest absolute Gasteiger partial charge is 0.278 e. The van der Waals surface area contributed by atoms with E-state index in [4.69, 9.17) is 0 Å². The van der Waals surface area contributed by atoms with Gasteiger partial charge in [-0.05, 0) is 12.1 Å². The van der Waals surface area contributed by atoms with Crippen LogP contribution < -0.4 is 5.43 Å². The van der Waals surface area contributed by atoms with Crippen LogP contribution in [0.4, 0.5) is 0 Å². The van der Waals surface area contributed by atoms with Crippen LogP contribution in [0.5, 0.6) is 0 Å². The number of fused-ring (bicyclic) bond motifs is 1. The Kier molecular flexibility index (Phi) is 4.08. The summed E-state index contributed by atoms with van der Waals surface area (Å²) in [6.07, 6.45) is 1.09. The Labute approximate surface area is 121 Å². The normalized spacial score (nSPS) is 11.5. The fourth-order valence-corrected chi connectivity index (χ4v) is 2.41. The summed E-state index contributed by atoms with van der Waals surface area (Å²) in [6.45, 7) is 0.00557. The topological polar surface area (TPSA) is 100 Å². The van der Waals surface area contributed by atoms with Gasteiger partial charge in [-0.2, -0.15) is 5.10 Å². The van der Waals surface area contributed by atoms with E-state index >= 15 is 0 Å². The number of carbonyl (C=O) groups excluding carboxylic acids is 1. The Morgan fingerprint density at radius 2 is 2.00 bits per heavy atom. The highest BCUT2D eigenvalue weighted by Crippen LogP contribution is 2.06. The van der Waals surface area contributed by atoms with Crippen LogP contribution in [0.25, 0.3) is 10.9 Å². The summed E-state index contributed by atoms with van der Waals surface area (Å²) in [5, 5.41) is 6.81. The molecule has 0 aliphatic carbocycles. The molecule has 0 saturated heterocycles. The second-order valence-corrected chi connectivity index (χ2v) is 7.06. The lowest BCUT2D eigenvalue weighted by molar-refractivity contribution is 0.0795. The first kappa shape index (κ1) is 15.2. The third-order valence-corrected chi connectivity index (χ3v) is 3.95. The predicted octanol–water partition coefficient (Wildman–Crippen LogP) is 0.0397. The first-order valence-electron chi connectivity index (χ1n) is 6.20. The summed E-state index contributed by atoms with van der Waals surface area (Å²) < 4.78 is 22.2. The van der Waals surface area contributed by atoms with Crippen molar-refractivity contribution < 1.29 is 13.2 Å². The van der Waals surface area contributed by atoms with Gasteiger partial charge in [0.2, 0.25) is 5.43 Å². The first-order chi connectivity index (χ1) is 9.79. The molecule has 112 valence electrons. The van der Waals surface area contributed by atoms with Gasteiger partial charge in [0.25, 0.3) is 5.91 Å². The van der Waals surface area contributed by atoms with E-state index in [1.807, 2.05) is 0 Å². The van der Waals surface area contributed by atoms with Crippen LogP contribution in [0.1, 0.15) is 10.5 Å². The van der Waals surface area contributed by atoms with Crippen LogP contribution in [0.2, 0.25) is 0 Å². The van der Waals surface area contributed by atoms with E-state index in [0.29, 0.717) is 10.9 Å². The van der Waals surface area contributed by atoms with Crippen LogP contribution in [0, 0.1) is 0 Å². The highest BCUT2D eigenvalue weighted by Gasteiger charge is 2.19. The molecule has 0 unspecified atom stereocenters. The Balaban J connectivity index is 2.31. The molecule has 0 aliphatic rings. The molecule has 1 N–H and O–H groups in total. The number of carbonyl (C=O) groups is 1. The number of sulfone groups is 1. The Morgan fingerprint density at radius 3 is 2.67 bits per heavy atom. The second-order valence-electron chi connectivity index (χ2n) is 4.80. The van der Waals surface area contributed by atoms with E-state index in [1.165, 1.54) is 11.9 Å². The lowest BCUT2D eigenvalue weighted by atomic mass is 10.2. The average molecular weight is 309 g/mol. The van der Waals surface area contributed by atoms with Crippen molar-refractivity contribution >= 4 is 26.6 Å². The highest BCUT2D eigenvalue weighted by atomic mass is 32.2. The maximum absolute atomic E-state index is 12.2. The number of nitrogens with one attached hydrogen (secondary N) is 1.